The van der Waals surface area contributed by atoms with E-state index in [1.54, 1.807) is 29.2 Å². The Balaban J connectivity index is 1.56. The van der Waals surface area contributed by atoms with Gasteiger partial charge in [0.2, 0.25) is 5.91 Å². The Bertz CT molecular complexity index is 703. The largest absolute Gasteiger partial charge is 0.343 e. The summed E-state index contributed by atoms with van der Waals surface area (Å²) >= 11 is 0. The zero-order chi connectivity index (χ0) is 16.9. The van der Waals surface area contributed by atoms with E-state index < -0.39 is 0 Å². The Labute approximate surface area is 141 Å². The molecule has 0 spiro atoms. The molecule has 2 atom stereocenters. The van der Waals surface area contributed by atoms with Gasteiger partial charge in [0, 0.05) is 30.6 Å². The van der Waals surface area contributed by atoms with Gasteiger partial charge in [-0.2, -0.15) is 0 Å². The molecule has 5 nitrogen and oxygen atoms in total. The molecule has 1 heterocycles. The molecule has 1 fully saturated rings. The summed E-state index contributed by atoms with van der Waals surface area (Å²) in [5.74, 6) is -0.208. The molecule has 1 aliphatic rings. The van der Waals surface area contributed by atoms with E-state index in [0.29, 0.717) is 18.7 Å². The van der Waals surface area contributed by atoms with Gasteiger partial charge in [0.1, 0.15) is 0 Å². The molecule has 2 aromatic rings. The van der Waals surface area contributed by atoms with Crippen LogP contribution in [0, 0.1) is 0 Å². The molecular weight excluding hydrogens is 302 g/mol. The zero-order valence-corrected chi connectivity index (χ0v) is 13.4. The minimum Gasteiger partial charge on any atom is -0.343 e. The summed E-state index contributed by atoms with van der Waals surface area (Å²) in [7, 11) is 0. The topological polar surface area (TPSA) is 75.4 Å². The van der Waals surface area contributed by atoms with E-state index in [9.17, 15) is 9.59 Å². The highest BCUT2D eigenvalue weighted by molar-refractivity contribution is 5.96. The third-order valence-corrected chi connectivity index (χ3v) is 4.38. The fourth-order valence-electron chi connectivity index (χ4n) is 3.04. The second-order valence-electron chi connectivity index (χ2n) is 6.03. The van der Waals surface area contributed by atoms with Gasteiger partial charge in [-0.05, 0) is 17.7 Å². The SMILES string of the molecule is N[C@@H]1CN(C(=O)CNC(=O)c2ccccc2)C[C@H]1c1ccccc1. The lowest BCUT2D eigenvalue weighted by Crippen LogP contribution is -2.40. The third-order valence-electron chi connectivity index (χ3n) is 4.38. The predicted octanol–water partition coefficient (Wildman–Crippen LogP) is 1.37. The average molecular weight is 323 g/mol. The lowest BCUT2D eigenvalue weighted by Gasteiger charge is -2.17. The maximum Gasteiger partial charge on any atom is 0.251 e. The average Bonchev–Trinajstić information content (AvgIpc) is 3.02. The van der Waals surface area contributed by atoms with E-state index >= 15 is 0 Å². The van der Waals surface area contributed by atoms with Gasteiger partial charge in [-0.1, -0.05) is 48.5 Å². The normalized spacial score (nSPS) is 20.0. The minimum absolute atomic E-state index is 0.0119. The maximum atomic E-state index is 12.4. The van der Waals surface area contributed by atoms with Crippen molar-refractivity contribution >= 4 is 11.8 Å². The lowest BCUT2D eigenvalue weighted by molar-refractivity contribution is -0.129. The van der Waals surface area contributed by atoms with Crippen LogP contribution in [0.1, 0.15) is 21.8 Å². The summed E-state index contributed by atoms with van der Waals surface area (Å²) in [4.78, 5) is 26.1. The van der Waals surface area contributed by atoms with Gasteiger partial charge < -0.3 is 16.0 Å². The van der Waals surface area contributed by atoms with Crippen molar-refractivity contribution in [3.8, 4) is 0 Å². The molecule has 2 amide bonds. The number of nitrogens with two attached hydrogens (primary N) is 1. The van der Waals surface area contributed by atoms with Crippen LogP contribution in [0.2, 0.25) is 0 Å². The van der Waals surface area contributed by atoms with Gasteiger partial charge in [-0.15, -0.1) is 0 Å². The third kappa shape index (κ3) is 3.63. The molecule has 0 bridgehead atoms. The van der Waals surface area contributed by atoms with Crippen LogP contribution in [0.15, 0.2) is 60.7 Å². The van der Waals surface area contributed by atoms with Crippen LogP contribution >= 0.6 is 0 Å². The summed E-state index contributed by atoms with van der Waals surface area (Å²) < 4.78 is 0. The van der Waals surface area contributed by atoms with Crippen molar-refractivity contribution in [3.05, 3.63) is 71.8 Å². The van der Waals surface area contributed by atoms with Gasteiger partial charge in [-0.3, -0.25) is 9.59 Å². The van der Waals surface area contributed by atoms with E-state index in [0.717, 1.165) is 5.56 Å². The molecule has 3 N–H and O–H groups in total. The molecule has 3 rings (SSSR count). The van der Waals surface area contributed by atoms with Gasteiger partial charge in [0.05, 0.1) is 6.54 Å². The highest BCUT2D eigenvalue weighted by Crippen LogP contribution is 2.26. The number of hydrogen-bond acceptors (Lipinski definition) is 3. The number of carbonyl (C=O) groups excluding carboxylic acids is 2. The van der Waals surface area contributed by atoms with E-state index in [1.807, 2.05) is 36.4 Å². The Morgan fingerprint density at radius 1 is 1.00 bits per heavy atom. The number of benzene rings is 2. The summed E-state index contributed by atoms with van der Waals surface area (Å²) in [6.07, 6.45) is 0. The Hall–Kier alpha value is -2.66. The summed E-state index contributed by atoms with van der Waals surface area (Å²) in [5, 5.41) is 2.67. The molecule has 0 radical (unpaired) electrons. The standard InChI is InChI=1S/C19H21N3O2/c20-17-13-22(12-16(17)14-7-3-1-4-8-14)18(23)11-21-19(24)15-9-5-2-6-10-15/h1-10,16-17H,11-13,20H2,(H,21,24)/t16-,17+/m0/s1. The first-order valence-electron chi connectivity index (χ1n) is 8.06. The zero-order valence-electron chi connectivity index (χ0n) is 13.4. The van der Waals surface area contributed by atoms with Crippen LogP contribution in [0.25, 0.3) is 0 Å². The number of amides is 2. The number of nitrogens with zero attached hydrogens (tertiary/aromatic N) is 1. The van der Waals surface area contributed by atoms with E-state index in [-0.39, 0.29) is 30.3 Å². The van der Waals surface area contributed by atoms with Crippen molar-refractivity contribution in [1.82, 2.24) is 10.2 Å². The highest BCUT2D eigenvalue weighted by Gasteiger charge is 2.33. The van der Waals surface area contributed by atoms with Crippen molar-refractivity contribution < 1.29 is 9.59 Å². The lowest BCUT2D eigenvalue weighted by atomic mass is 9.95. The van der Waals surface area contributed by atoms with Crippen LogP contribution < -0.4 is 11.1 Å². The van der Waals surface area contributed by atoms with Crippen LogP contribution in [0.4, 0.5) is 0 Å². The maximum absolute atomic E-state index is 12.4. The molecule has 124 valence electrons. The predicted molar refractivity (Wildman–Crippen MR) is 92.5 cm³/mol. The van der Waals surface area contributed by atoms with Crippen LogP contribution in [0.3, 0.4) is 0 Å². The fourth-order valence-corrected chi connectivity index (χ4v) is 3.04. The first-order chi connectivity index (χ1) is 11.6. The first-order valence-corrected chi connectivity index (χ1v) is 8.06. The van der Waals surface area contributed by atoms with Gasteiger partial charge in [0.15, 0.2) is 0 Å². The van der Waals surface area contributed by atoms with E-state index in [4.69, 9.17) is 5.73 Å². The van der Waals surface area contributed by atoms with Crippen molar-refractivity contribution in [2.45, 2.75) is 12.0 Å². The van der Waals surface area contributed by atoms with Crippen LogP contribution in [-0.4, -0.2) is 42.4 Å². The molecule has 0 aliphatic carbocycles. The molecule has 5 heteroatoms. The molecule has 2 aromatic carbocycles. The molecular formula is C19H21N3O2. The van der Waals surface area contributed by atoms with E-state index in [2.05, 4.69) is 5.32 Å². The van der Waals surface area contributed by atoms with Crippen molar-refractivity contribution in [2.24, 2.45) is 5.73 Å². The monoisotopic (exact) mass is 323 g/mol. The number of rotatable bonds is 4. The number of nitrogens with one attached hydrogen (secondary N) is 1. The Morgan fingerprint density at radius 3 is 2.29 bits per heavy atom. The van der Waals surface area contributed by atoms with E-state index in [1.165, 1.54) is 0 Å². The Morgan fingerprint density at radius 2 is 1.62 bits per heavy atom. The molecule has 0 unspecified atom stereocenters. The van der Waals surface area contributed by atoms with Crippen molar-refractivity contribution in [3.63, 3.8) is 0 Å². The second kappa shape index (κ2) is 7.27. The summed E-state index contributed by atoms with van der Waals surface area (Å²) in [6.45, 7) is 1.09. The van der Waals surface area contributed by atoms with Gasteiger partial charge in [0.25, 0.3) is 5.91 Å². The van der Waals surface area contributed by atoms with Crippen LogP contribution in [-0.2, 0) is 4.79 Å². The molecule has 0 saturated carbocycles. The molecule has 1 saturated heterocycles. The quantitative estimate of drug-likeness (QED) is 0.892. The Kier molecular flexibility index (Phi) is 4.91. The van der Waals surface area contributed by atoms with Gasteiger partial charge >= 0.3 is 0 Å². The van der Waals surface area contributed by atoms with Gasteiger partial charge in [-0.25, -0.2) is 0 Å². The number of likely N-dealkylation sites (tertiary alicyclic amines) is 1. The number of carbonyl (C=O) groups is 2. The molecule has 0 aromatic heterocycles. The molecule has 24 heavy (non-hydrogen) atoms. The highest BCUT2D eigenvalue weighted by atomic mass is 16.2. The second-order valence-corrected chi connectivity index (χ2v) is 6.03. The first kappa shape index (κ1) is 16.2. The van der Waals surface area contributed by atoms with Crippen molar-refractivity contribution in [2.75, 3.05) is 19.6 Å². The smallest absolute Gasteiger partial charge is 0.251 e. The summed E-state index contributed by atoms with van der Waals surface area (Å²) in [5.41, 5.74) is 7.90. The van der Waals surface area contributed by atoms with Crippen molar-refractivity contribution in [1.29, 1.82) is 0 Å². The van der Waals surface area contributed by atoms with Crippen LogP contribution in [0.5, 0.6) is 0 Å². The summed E-state index contributed by atoms with van der Waals surface area (Å²) in [6, 6.07) is 18.8. The fraction of sp³-hybridized carbons (Fsp3) is 0.263. The number of hydrogen-bond donors (Lipinski definition) is 2. The minimum atomic E-state index is -0.243. The molecule has 1 aliphatic heterocycles.